The van der Waals surface area contributed by atoms with Crippen LogP contribution in [0.5, 0.6) is 0 Å². The molecule has 0 atom stereocenters. The van der Waals surface area contributed by atoms with Gasteiger partial charge in [-0.1, -0.05) is 22.0 Å². The Balaban J connectivity index is 2.36. The first kappa shape index (κ1) is 13.5. The van der Waals surface area contributed by atoms with Crippen LogP contribution in [0.4, 0.5) is 4.39 Å². The maximum absolute atomic E-state index is 13.7. The van der Waals surface area contributed by atoms with Crippen LogP contribution in [0.3, 0.4) is 0 Å². The zero-order valence-electron chi connectivity index (χ0n) is 9.64. The molecule has 1 aromatic carbocycles. The SMILES string of the molecule is O=C(O)c1cn(Cc2ccc(Br)cc2F)ccc1=O. The van der Waals surface area contributed by atoms with Crippen LogP contribution < -0.4 is 5.43 Å². The summed E-state index contributed by atoms with van der Waals surface area (Å²) >= 11 is 3.16. The second-order valence-electron chi connectivity index (χ2n) is 3.94. The van der Waals surface area contributed by atoms with E-state index in [1.807, 2.05) is 0 Å². The number of nitrogens with zero attached hydrogens (tertiary/aromatic N) is 1. The normalized spacial score (nSPS) is 10.4. The topological polar surface area (TPSA) is 59.3 Å². The summed E-state index contributed by atoms with van der Waals surface area (Å²) in [6.45, 7) is 0.152. The summed E-state index contributed by atoms with van der Waals surface area (Å²) in [7, 11) is 0. The summed E-state index contributed by atoms with van der Waals surface area (Å²) in [5, 5.41) is 8.85. The number of hydrogen-bond donors (Lipinski definition) is 1. The number of aromatic carboxylic acids is 1. The Morgan fingerprint density at radius 2 is 2.11 bits per heavy atom. The number of rotatable bonds is 3. The predicted molar refractivity (Wildman–Crippen MR) is 70.9 cm³/mol. The van der Waals surface area contributed by atoms with Crippen molar-refractivity contribution >= 4 is 21.9 Å². The third-order valence-electron chi connectivity index (χ3n) is 2.58. The van der Waals surface area contributed by atoms with Crippen LogP contribution >= 0.6 is 15.9 Å². The van der Waals surface area contributed by atoms with E-state index in [0.717, 1.165) is 6.07 Å². The first-order valence-corrected chi connectivity index (χ1v) is 6.14. The number of carboxylic acid groups (broad SMARTS) is 1. The lowest BCUT2D eigenvalue weighted by molar-refractivity contribution is 0.0694. The lowest BCUT2D eigenvalue weighted by atomic mass is 10.2. The van der Waals surface area contributed by atoms with Crippen molar-refractivity contribution in [2.45, 2.75) is 6.54 Å². The van der Waals surface area contributed by atoms with Crippen LogP contribution in [-0.2, 0) is 6.54 Å². The van der Waals surface area contributed by atoms with E-state index >= 15 is 0 Å². The molecule has 98 valence electrons. The van der Waals surface area contributed by atoms with Gasteiger partial charge in [-0.15, -0.1) is 0 Å². The van der Waals surface area contributed by atoms with Crippen LogP contribution in [0.15, 0.2) is 45.9 Å². The molecular formula is C13H9BrFNO3. The highest BCUT2D eigenvalue weighted by atomic mass is 79.9. The highest BCUT2D eigenvalue weighted by Gasteiger charge is 2.09. The molecule has 0 aliphatic rings. The monoisotopic (exact) mass is 325 g/mol. The Bertz CT molecular complexity index is 697. The lowest BCUT2D eigenvalue weighted by Crippen LogP contribution is -2.17. The molecule has 6 heteroatoms. The molecular weight excluding hydrogens is 317 g/mol. The maximum Gasteiger partial charge on any atom is 0.341 e. The summed E-state index contributed by atoms with van der Waals surface area (Å²) < 4.78 is 15.7. The average molecular weight is 326 g/mol. The van der Waals surface area contributed by atoms with Crippen LogP contribution in [0.25, 0.3) is 0 Å². The van der Waals surface area contributed by atoms with E-state index < -0.39 is 17.2 Å². The number of carboxylic acids is 1. The van der Waals surface area contributed by atoms with Crippen LogP contribution in [0, 0.1) is 5.82 Å². The fourth-order valence-corrected chi connectivity index (χ4v) is 1.96. The minimum Gasteiger partial charge on any atom is -0.477 e. The van der Waals surface area contributed by atoms with Gasteiger partial charge < -0.3 is 9.67 Å². The Hall–Kier alpha value is -1.95. The molecule has 0 bridgehead atoms. The van der Waals surface area contributed by atoms with Crippen molar-refractivity contribution in [3.8, 4) is 0 Å². The van der Waals surface area contributed by atoms with Crippen molar-refractivity contribution in [2.24, 2.45) is 0 Å². The van der Waals surface area contributed by atoms with E-state index in [1.165, 1.54) is 23.0 Å². The van der Waals surface area contributed by atoms with Gasteiger partial charge in [0.25, 0.3) is 0 Å². The lowest BCUT2D eigenvalue weighted by Gasteiger charge is -2.08. The number of benzene rings is 1. The third-order valence-corrected chi connectivity index (χ3v) is 3.07. The summed E-state index contributed by atoms with van der Waals surface area (Å²) in [6, 6.07) is 5.77. The van der Waals surface area contributed by atoms with Crippen molar-refractivity contribution in [3.05, 3.63) is 68.3 Å². The van der Waals surface area contributed by atoms with E-state index in [2.05, 4.69) is 15.9 Å². The van der Waals surface area contributed by atoms with Crippen molar-refractivity contribution < 1.29 is 14.3 Å². The average Bonchev–Trinajstić information content (AvgIpc) is 2.34. The molecule has 0 saturated carbocycles. The van der Waals surface area contributed by atoms with Crippen molar-refractivity contribution in [3.63, 3.8) is 0 Å². The first-order chi connectivity index (χ1) is 8.97. The zero-order chi connectivity index (χ0) is 14.0. The Labute approximate surface area is 116 Å². The van der Waals surface area contributed by atoms with Crippen molar-refractivity contribution in [1.29, 1.82) is 0 Å². The summed E-state index contributed by atoms with van der Waals surface area (Å²) in [5.41, 5.74) is -0.497. The highest BCUT2D eigenvalue weighted by molar-refractivity contribution is 9.10. The Morgan fingerprint density at radius 1 is 1.37 bits per heavy atom. The van der Waals surface area contributed by atoms with Gasteiger partial charge in [-0.05, 0) is 12.1 Å². The second kappa shape index (κ2) is 5.36. The third kappa shape index (κ3) is 3.08. The van der Waals surface area contributed by atoms with E-state index in [-0.39, 0.29) is 12.1 Å². The molecule has 0 saturated heterocycles. The van der Waals surface area contributed by atoms with Gasteiger partial charge in [0, 0.05) is 35.0 Å². The van der Waals surface area contributed by atoms with Crippen LogP contribution in [0.1, 0.15) is 15.9 Å². The van der Waals surface area contributed by atoms with E-state index in [0.29, 0.717) is 10.0 Å². The molecule has 19 heavy (non-hydrogen) atoms. The molecule has 0 radical (unpaired) electrons. The largest absolute Gasteiger partial charge is 0.477 e. The van der Waals surface area contributed by atoms with Crippen molar-refractivity contribution in [1.82, 2.24) is 4.57 Å². The predicted octanol–water partition coefficient (Wildman–Crippen LogP) is 2.50. The number of aromatic nitrogens is 1. The smallest absolute Gasteiger partial charge is 0.341 e. The van der Waals surface area contributed by atoms with Gasteiger partial charge in [0.05, 0.1) is 0 Å². The molecule has 0 aliphatic carbocycles. The number of pyridine rings is 1. The molecule has 2 aromatic rings. The fraction of sp³-hybridized carbons (Fsp3) is 0.0769. The second-order valence-corrected chi connectivity index (χ2v) is 4.85. The van der Waals surface area contributed by atoms with Gasteiger partial charge in [-0.25, -0.2) is 9.18 Å². The highest BCUT2D eigenvalue weighted by Crippen LogP contribution is 2.16. The van der Waals surface area contributed by atoms with Gasteiger partial charge in [-0.2, -0.15) is 0 Å². The molecule has 1 heterocycles. The Morgan fingerprint density at radius 3 is 2.74 bits per heavy atom. The number of hydrogen-bond acceptors (Lipinski definition) is 2. The van der Waals surface area contributed by atoms with Crippen LogP contribution in [0.2, 0.25) is 0 Å². The van der Waals surface area contributed by atoms with Gasteiger partial charge in [0.1, 0.15) is 11.4 Å². The molecule has 2 rings (SSSR count). The molecule has 0 fully saturated rings. The fourth-order valence-electron chi connectivity index (χ4n) is 1.63. The Kier molecular flexibility index (Phi) is 3.80. The van der Waals surface area contributed by atoms with Gasteiger partial charge in [0.15, 0.2) is 5.43 Å². The summed E-state index contributed by atoms with van der Waals surface area (Å²) in [5.74, 6) is -1.69. The van der Waals surface area contributed by atoms with E-state index in [1.54, 1.807) is 12.1 Å². The molecule has 1 aromatic heterocycles. The quantitative estimate of drug-likeness (QED) is 0.943. The molecule has 0 spiro atoms. The zero-order valence-corrected chi connectivity index (χ0v) is 11.2. The first-order valence-electron chi connectivity index (χ1n) is 5.34. The van der Waals surface area contributed by atoms with Crippen molar-refractivity contribution in [2.75, 3.05) is 0 Å². The minimum absolute atomic E-state index is 0.152. The summed E-state index contributed by atoms with van der Waals surface area (Å²) in [4.78, 5) is 22.1. The molecule has 0 amide bonds. The molecule has 0 aliphatic heterocycles. The van der Waals surface area contributed by atoms with Crippen LogP contribution in [-0.4, -0.2) is 15.6 Å². The minimum atomic E-state index is -1.30. The van der Waals surface area contributed by atoms with E-state index in [4.69, 9.17) is 5.11 Å². The number of carbonyl (C=O) groups is 1. The van der Waals surface area contributed by atoms with Gasteiger partial charge >= 0.3 is 5.97 Å². The number of halogens is 2. The van der Waals surface area contributed by atoms with Gasteiger partial charge in [0.2, 0.25) is 0 Å². The maximum atomic E-state index is 13.7. The molecule has 0 unspecified atom stereocenters. The molecule has 1 N–H and O–H groups in total. The van der Waals surface area contributed by atoms with Gasteiger partial charge in [-0.3, -0.25) is 4.79 Å². The summed E-state index contributed by atoms with van der Waals surface area (Å²) in [6.07, 6.45) is 2.63. The molecule has 4 nitrogen and oxygen atoms in total. The van der Waals surface area contributed by atoms with E-state index in [9.17, 15) is 14.0 Å². The standard InChI is InChI=1S/C13H9BrFNO3/c14-9-2-1-8(11(15)5-9)6-16-4-3-12(17)10(7-16)13(18)19/h1-5,7H,6H2,(H,18,19).